The minimum atomic E-state index is -1.76. The fraction of sp³-hybridized carbons (Fsp3) is 0.308. The number of hydrogen-bond acceptors (Lipinski definition) is 18. The van der Waals surface area contributed by atoms with E-state index < -0.39 is 140 Å². The van der Waals surface area contributed by atoms with Crippen molar-refractivity contribution in [2.75, 3.05) is 0 Å². The minimum absolute atomic E-state index is 0. The maximum absolute atomic E-state index is 12.9. The Hall–Kier alpha value is -0.680. The van der Waals surface area contributed by atoms with Crippen molar-refractivity contribution in [2.45, 2.75) is 75.0 Å². The zero-order chi connectivity index (χ0) is 50.4. The maximum atomic E-state index is 12.9. The van der Waals surface area contributed by atoms with Gasteiger partial charge in [-0.2, -0.15) is 0 Å². The number of hydrogen-bond donors (Lipinski definition) is 2. The summed E-state index contributed by atoms with van der Waals surface area (Å²) in [5.74, 6) is -22.9. The smallest absolute Gasteiger partial charge is 0.545 e. The summed E-state index contributed by atoms with van der Waals surface area (Å²) in [6.45, 7) is 0. The summed E-state index contributed by atoms with van der Waals surface area (Å²) in [7, 11) is 0. The van der Waals surface area contributed by atoms with Crippen molar-refractivity contribution in [3.63, 3.8) is 0 Å². The van der Waals surface area contributed by atoms with Crippen LogP contribution >= 0.6 is 0 Å². The first-order valence-electron chi connectivity index (χ1n) is 23.4. The summed E-state index contributed by atoms with van der Waals surface area (Å²) in [5, 5.41) is 103. The molecule has 14 aliphatic rings. The van der Waals surface area contributed by atoms with Crippen molar-refractivity contribution < 1.29 is 316 Å². The molecule has 0 radical (unpaired) electrons. The number of nitrogens with zero attached hydrogens (tertiary/aromatic N) is 2. The first-order valence-corrected chi connectivity index (χ1v) is 23.4. The Morgan fingerprint density at radius 1 is 0.287 bits per heavy atom. The van der Waals surface area contributed by atoms with Crippen LogP contribution in [-0.2, 0) is 38.4 Å². The van der Waals surface area contributed by atoms with E-state index in [0.717, 1.165) is 0 Å². The molecule has 17 rings (SSSR count). The molecule has 0 amide bonds. The predicted molar refractivity (Wildman–Crippen MR) is 225 cm³/mol. The molecule has 0 fully saturated rings. The van der Waals surface area contributed by atoms with Gasteiger partial charge in [0.25, 0.3) is 0 Å². The molecule has 8 atom stereocenters. The Balaban J connectivity index is 0.00000147. The Labute approximate surface area is 630 Å². The van der Waals surface area contributed by atoms with Gasteiger partial charge >= 0.3 is 236 Å². The van der Waals surface area contributed by atoms with Gasteiger partial charge in [0, 0.05) is 69.4 Å². The number of allylic oxidation sites excluding steroid dienone is 4. The largest absolute Gasteiger partial charge is 1.00 e. The van der Waals surface area contributed by atoms with Gasteiger partial charge in [0.15, 0.2) is 0 Å². The third-order valence-electron chi connectivity index (χ3n) is 17.0. The molecule has 2 N–H and O–H groups in total. The van der Waals surface area contributed by atoms with Crippen LogP contribution in [-0.4, -0.2) is 67.7 Å². The summed E-state index contributed by atoms with van der Waals surface area (Å²) < 4.78 is 0. The molecule has 362 valence electrons. The molecule has 0 spiro atoms. The van der Waals surface area contributed by atoms with Gasteiger partial charge in [0.1, 0.15) is 0 Å². The molecular formula is C52H30N4Na8O16. The van der Waals surface area contributed by atoms with Gasteiger partial charge in [-0.15, -0.1) is 0 Å². The average Bonchev–Trinajstić information content (AvgIpc) is 4.11. The second kappa shape index (κ2) is 25.6. The van der Waals surface area contributed by atoms with Crippen LogP contribution < -0.4 is 277 Å². The van der Waals surface area contributed by atoms with Crippen LogP contribution in [0.15, 0.2) is 68.9 Å². The van der Waals surface area contributed by atoms with Crippen molar-refractivity contribution in [3.8, 4) is 0 Å². The molecule has 0 aromatic carbocycles. The van der Waals surface area contributed by atoms with Crippen LogP contribution in [0.4, 0.5) is 0 Å². The third kappa shape index (κ3) is 10.1. The van der Waals surface area contributed by atoms with E-state index in [-0.39, 0.29) is 344 Å². The van der Waals surface area contributed by atoms with Crippen LogP contribution in [0.5, 0.6) is 0 Å². The molecule has 3 aromatic heterocycles. The Morgan fingerprint density at radius 3 is 0.675 bits per heavy atom. The van der Waals surface area contributed by atoms with Crippen LogP contribution in [0.1, 0.15) is 120 Å². The molecule has 0 saturated heterocycles. The quantitative estimate of drug-likeness (QED) is 0.198. The number of nitrogens with one attached hydrogen (secondary N) is 2. The third-order valence-corrected chi connectivity index (χ3v) is 17.0. The van der Waals surface area contributed by atoms with E-state index in [1.54, 1.807) is 6.07 Å². The van der Waals surface area contributed by atoms with Gasteiger partial charge in [-0.05, 0) is 165 Å². The first kappa shape index (κ1) is 70.1. The van der Waals surface area contributed by atoms with Gasteiger partial charge in [-0.3, -0.25) is 0 Å². The molecule has 2 aliphatic heterocycles. The summed E-state index contributed by atoms with van der Waals surface area (Å²) in [6.07, 6.45) is 1.10. The Bertz CT molecular complexity index is 3540. The van der Waals surface area contributed by atoms with E-state index in [4.69, 9.17) is 9.97 Å². The number of carboxylic acid groups (broad SMARTS) is 8. The van der Waals surface area contributed by atoms with Crippen LogP contribution in [0, 0.1) is 23.7 Å². The minimum Gasteiger partial charge on any atom is -0.545 e. The molecule has 12 aliphatic carbocycles. The molecule has 80 heavy (non-hydrogen) atoms. The average molecular weight is 1150 g/mol. The van der Waals surface area contributed by atoms with Crippen LogP contribution in [0.2, 0.25) is 0 Å². The van der Waals surface area contributed by atoms with Crippen molar-refractivity contribution in [1.82, 2.24) is 19.9 Å². The number of aromatic amines is 2. The van der Waals surface area contributed by atoms with Gasteiger partial charge < -0.3 is 89.2 Å². The predicted octanol–water partition coefficient (Wildman–Crippen LogP) is -28.6. The van der Waals surface area contributed by atoms with Crippen molar-refractivity contribution in [3.05, 3.63) is 114 Å². The summed E-state index contributed by atoms with van der Waals surface area (Å²) in [5.41, 5.74) is -0.421. The number of rotatable bonds is 8. The maximum Gasteiger partial charge on any atom is 1.00 e. The van der Waals surface area contributed by atoms with Crippen LogP contribution in [0.25, 0.3) is 44.4 Å². The van der Waals surface area contributed by atoms with Crippen LogP contribution in [0.3, 0.4) is 0 Å². The monoisotopic (exact) mass is 1150 g/mol. The standard InChI is InChI=1S/C52H38N4O16.8Na/c57-45(58)37-13-1-2-14(38(37)46(59)60)30-22-10-24-32-16-5-6-18(42(50(67)68)40(16)48(63)64)34(32)26(55-24)12-28-36-20-8-7-19(43(51(69)70)44(20)52(71)72)35(36)27(56-28)11-25-33-17-4-3-15(39(47(61)62)41(17)49(65)66)31(33)23(54-25)9-21(53-22)29(13)30;;;;;;;;/h9-20,53-54H,1-8H2,(H,57,58)(H,59,60)(H,61,62)(H,63,64)(H,65,66)(H,67,68)(H,69,70)(H,71,72);;;;;;;;/q;8*+1/p-8. The molecule has 20 nitrogen and oxygen atoms in total. The zero-order valence-electron chi connectivity index (χ0n) is 45.0. The second-order valence-electron chi connectivity index (χ2n) is 19.9. The number of fused-ring (bicyclic) bond motifs is 12. The van der Waals surface area contributed by atoms with E-state index in [0.29, 0.717) is 33.4 Å². The molecule has 3 aromatic rings. The molecule has 5 heterocycles. The van der Waals surface area contributed by atoms with Gasteiger partial charge in [0.2, 0.25) is 0 Å². The number of H-pyrrole nitrogens is 2. The normalized spacial score (nSPS) is 24.3. The Kier molecular flexibility index (Phi) is 22.4. The van der Waals surface area contributed by atoms with E-state index in [1.807, 2.05) is 0 Å². The molecule has 16 bridgehead atoms. The van der Waals surface area contributed by atoms with Gasteiger partial charge in [0.05, 0.1) is 70.5 Å². The number of carbonyl (C=O) groups excluding carboxylic acids is 8. The summed E-state index contributed by atoms with van der Waals surface area (Å²) in [4.78, 5) is 120. The first-order chi connectivity index (χ1) is 34.4. The van der Waals surface area contributed by atoms with E-state index in [1.165, 1.54) is 18.2 Å². The molecule has 8 unspecified atom stereocenters. The Morgan fingerprint density at radius 2 is 0.463 bits per heavy atom. The van der Waals surface area contributed by atoms with E-state index in [2.05, 4.69) is 9.97 Å². The topological polar surface area (TPSA) is 378 Å². The van der Waals surface area contributed by atoms with Gasteiger partial charge in [-0.25, -0.2) is 9.97 Å². The number of aliphatic carboxylic acids is 8. The van der Waals surface area contributed by atoms with E-state index >= 15 is 0 Å². The van der Waals surface area contributed by atoms with Crippen molar-refractivity contribution >= 4 is 92.1 Å². The summed E-state index contributed by atoms with van der Waals surface area (Å²) in [6, 6.07) is 6.09. The number of aromatic nitrogens is 4. The fourth-order valence-corrected chi connectivity index (χ4v) is 14.9. The number of carboxylic acids is 8. The van der Waals surface area contributed by atoms with Crippen molar-refractivity contribution in [2.24, 2.45) is 23.7 Å². The van der Waals surface area contributed by atoms with Gasteiger partial charge in [-0.1, -0.05) is 0 Å². The SMILES string of the molecule is O=C([O-])C1=C(C(=O)[O-])C2CCC1C1=C2c2cc3[nH]c(cc4[nH]c(cc5nc(cc1n2)C1=C5C2CCC1C(C(=O)[O-])=C2C(=O)[O-])c1c4C2CCC1C(C(=O)[O-])=C2C(=O)[O-])c1c3C2CCC1C(C(=O)[O-])=C2C(=O)[O-].[Na+].[Na+].[Na+].[Na+].[Na+].[Na+].[Na+].[Na+]. The number of carbonyl (C=O) groups is 8. The zero-order valence-corrected chi connectivity index (χ0v) is 61.0. The fourth-order valence-electron chi connectivity index (χ4n) is 14.9. The van der Waals surface area contributed by atoms with Crippen molar-refractivity contribution in [1.29, 1.82) is 0 Å². The second-order valence-corrected chi connectivity index (χ2v) is 19.9. The molecule has 28 heteroatoms. The van der Waals surface area contributed by atoms with E-state index in [9.17, 15) is 79.2 Å². The molecular weight excluding hydrogens is 1120 g/mol. The molecule has 0 saturated carbocycles. The summed E-state index contributed by atoms with van der Waals surface area (Å²) >= 11 is 0.